The van der Waals surface area contributed by atoms with E-state index in [0.717, 1.165) is 22.3 Å². The van der Waals surface area contributed by atoms with E-state index in [1.54, 1.807) is 28.9 Å². The molecular formula is C20H11N3O3. The highest BCUT2D eigenvalue weighted by Crippen LogP contribution is 2.32. The lowest BCUT2D eigenvalue weighted by Gasteiger charge is -2.17. The normalized spacial score (nSPS) is 13.1. The lowest BCUT2D eigenvalue weighted by atomic mass is 9.96. The molecule has 0 atom stereocenters. The number of rotatable bonds is 2. The average Bonchev–Trinajstić information content (AvgIpc) is 3.16. The van der Waals surface area contributed by atoms with E-state index >= 15 is 0 Å². The van der Waals surface area contributed by atoms with Crippen molar-refractivity contribution in [2.75, 3.05) is 0 Å². The second-order valence-electron chi connectivity index (χ2n) is 5.95. The molecule has 0 fully saturated rings. The van der Waals surface area contributed by atoms with Crippen LogP contribution in [0.5, 0.6) is 0 Å². The van der Waals surface area contributed by atoms with E-state index in [1.165, 1.54) is 0 Å². The number of aromatic nitrogens is 3. The first-order valence-electron chi connectivity index (χ1n) is 8.03. The van der Waals surface area contributed by atoms with Gasteiger partial charge in [-0.25, -0.2) is 14.3 Å². The van der Waals surface area contributed by atoms with Crippen LogP contribution in [0, 0.1) is 0 Å². The van der Waals surface area contributed by atoms with Gasteiger partial charge in [-0.1, -0.05) is 47.7 Å². The van der Waals surface area contributed by atoms with E-state index in [2.05, 4.69) is 10.3 Å². The van der Waals surface area contributed by atoms with Gasteiger partial charge in [0.05, 0.1) is 23.0 Å². The molecule has 0 N–H and O–H groups in total. The fourth-order valence-electron chi connectivity index (χ4n) is 3.25. The van der Waals surface area contributed by atoms with Gasteiger partial charge in [-0.05, 0) is 18.2 Å². The molecule has 26 heavy (non-hydrogen) atoms. The summed E-state index contributed by atoms with van der Waals surface area (Å²) in [4.78, 5) is 24.1. The minimum absolute atomic E-state index is 0.377. The van der Waals surface area contributed by atoms with Crippen molar-refractivity contribution >= 4 is 22.7 Å². The molecule has 0 amide bonds. The third-order valence-corrected chi connectivity index (χ3v) is 4.45. The van der Waals surface area contributed by atoms with Crippen molar-refractivity contribution in [2.24, 2.45) is 0 Å². The Balaban J connectivity index is 1.73. The van der Waals surface area contributed by atoms with Crippen molar-refractivity contribution in [3.05, 3.63) is 78.0 Å². The van der Waals surface area contributed by atoms with Gasteiger partial charge in [0.2, 0.25) is 0 Å². The fraction of sp³-hybridized carbons (Fsp3) is 0. The molecule has 2 heterocycles. The van der Waals surface area contributed by atoms with Crippen molar-refractivity contribution in [2.45, 2.75) is 0 Å². The zero-order valence-corrected chi connectivity index (χ0v) is 13.4. The Bertz CT molecular complexity index is 1180. The van der Waals surface area contributed by atoms with Crippen molar-refractivity contribution in [3.8, 4) is 16.9 Å². The van der Waals surface area contributed by atoms with E-state index in [9.17, 15) is 9.59 Å². The minimum Gasteiger partial charge on any atom is -0.386 e. The molecular weight excluding hydrogens is 330 g/mol. The maximum absolute atomic E-state index is 12.0. The third-order valence-electron chi connectivity index (χ3n) is 4.45. The van der Waals surface area contributed by atoms with E-state index < -0.39 is 11.9 Å². The molecule has 0 radical (unpaired) electrons. The molecule has 1 aliphatic heterocycles. The molecule has 4 aromatic rings. The first-order chi connectivity index (χ1) is 12.7. The van der Waals surface area contributed by atoms with Gasteiger partial charge >= 0.3 is 11.9 Å². The molecule has 6 nitrogen and oxygen atoms in total. The van der Waals surface area contributed by atoms with Crippen LogP contribution in [0.25, 0.3) is 27.7 Å². The lowest BCUT2D eigenvalue weighted by molar-refractivity contribution is 0.0391. The lowest BCUT2D eigenvalue weighted by Crippen LogP contribution is -2.20. The van der Waals surface area contributed by atoms with Crippen molar-refractivity contribution in [1.29, 1.82) is 0 Å². The molecule has 0 saturated heterocycles. The second kappa shape index (κ2) is 5.35. The molecule has 124 valence electrons. The highest BCUT2D eigenvalue weighted by molar-refractivity contribution is 6.21. The van der Waals surface area contributed by atoms with E-state index in [1.807, 2.05) is 42.6 Å². The van der Waals surface area contributed by atoms with Gasteiger partial charge in [-0.15, -0.1) is 5.10 Å². The van der Waals surface area contributed by atoms with Crippen LogP contribution in [-0.2, 0) is 4.74 Å². The molecule has 6 heteroatoms. The Hall–Kier alpha value is -3.80. The molecule has 1 aromatic heterocycles. The summed E-state index contributed by atoms with van der Waals surface area (Å²) in [5.41, 5.74) is 3.19. The van der Waals surface area contributed by atoms with Gasteiger partial charge in [-0.3, -0.25) is 0 Å². The van der Waals surface area contributed by atoms with Crippen LogP contribution >= 0.6 is 0 Å². The van der Waals surface area contributed by atoms with Crippen LogP contribution in [-0.4, -0.2) is 26.9 Å². The van der Waals surface area contributed by atoms with Crippen LogP contribution in [0.1, 0.15) is 20.7 Å². The van der Waals surface area contributed by atoms with Crippen molar-refractivity contribution in [1.82, 2.24) is 15.0 Å². The van der Waals surface area contributed by atoms with Crippen LogP contribution in [0.4, 0.5) is 0 Å². The maximum Gasteiger partial charge on any atom is 0.346 e. The molecule has 0 saturated carbocycles. The highest BCUT2D eigenvalue weighted by atomic mass is 16.6. The average molecular weight is 341 g/mol. The molecule has 0 aliphatic carbocycles. The standard InChI is InChI=1S/C20H11N3O3/c24-19-14-8-4-7-13-17(10-9-15(18(13)14)20(25)26-19)23-11-16(21-22-23)12-5-2-1-3-6-12/h1-11H. The largest absolute Gasteiger partial charge is 0.386 e. The third kappa shape index (κ3) is 2.05. The molecule has 0 unspecified atom stereocenters. The molecule has 0 spiro atoms. The number of cyclic esters (lactones) is 2. The Morgan fingerprint density at radius 2 is 1.58 bits per heavy atom. The molecule has 3 aromatic carbocycles. The summed E-state index contributed by atoms with van der Waals surface area (Å²) in [7, 11) is 0. The van der Waals surface area contributed by atoms with E-state index in [4.69, 9.17) is 4.74 Å². The zero-order chi connectivity index (χ0) is 17.7. The van der Waals surface area contributed by atoms with Gasteiger partial charge < -0.3 is 4.74 Å². The van der Waals surface area contributed by atoms with Gasteiger partial charge in [0.25, 0.3) is 0 Å². The first-order valence-corrected chi connectivity index (χ1v) is 8.03. The van der Waals surface area contributed by atoms with Gasteiger partial charge in [0, 0.05) is 16.3 Å². The summed E-state index contributed by atoms with van der Waals surface area (Å²) < 4.78 is 6.45. The number of hydrogen-bond donors (Lipinski definition) is 0. The molecule has 5 rings (SSSR count). The summed E-state index contributed by atoms with van der Waals surface area (Å²) in [6, 6.07) is 18.4. The Morgan fingerprint density at radius 3 is 2.38 bits per heavy atom. The van der Waals surface area contributed by atoms with Crippen molar-refractivity contribution < 1.29 is 14.3 Å². The summed E-state index contributed by atoms with van der Waals surface area (Å²) in [6.45, 7) is 0. The molecule has 1 aliphatic rings. The van der Waals surface area contributed by atoms with Crippen LogP contribution in [0.15, 0.2) is 66.9 Å². The number of esters is 2. The Morgan fingerprint density at radius 1 is 0.808 bits per heavy atom. The smallest absolute Gasteiger partial charge is 0.346 e. The number of carbonyl (C=O) groups excluding carboxylic acids is 2. The number of hydrogen-bond acceptors (Lipinski definition) is 5. The van der Waals surface area contributed by atoms with Crippen LogP contribution in [0.3, 0.4) is 0 Å². The fourth-order valence-corrected chi connectivity index (χ4v) is 3.25. The Kier molecular flexibility index (Phi) is 2.99. The maximum atomic E-state index is 12.0. The predicted octanol–water partition coefficient (Wildman–Crippen LogP) is 3.40. The number of carbonyl (C=O) groups is 2. The summed E-state index contributed by atoms with van der Waals surface area (Å²) >= 11 is 0. The zero-order valence-electron chi connectivity index (χ0n) is 13.4. The molecule has 0 bridgehead atoms. The summed E-state index contributed by atoms with van der Waals surface area (Å²) in [5, 5.41) is 9.78. The number of ether oxygens (including phenoxy) is 1. The van der Waals surface area contributed by atoms with Crippen molar-refractivity contribution in [3.63, 3.8) is 0 Å². The summed E-state index contributed by atoms with van der Waals surface area (Å²) in [6.07, 6.45) is 1.82. The quantitative estimate of drug-likeness (QED) is 0.413. The van der Waals surface area contributed by atoms with Gasteiger partial charge in [0.1, 0.15) is 5.69 Å². The highest BCUT2D eigenvalue weighted by Gasteiger charge is 2.28. The number of benzene rings is 3. The van der Waals surface area contributed by atoms with E-state index in [-0.39, 0.29) is 0 Å². The van der Waals surface area contributed by atoms with Gasteiger partial charge in [0.15, 0.2) is 0 Å². The summed E-state index contributed by atoms with van der Waals surface area (Å²) in [5.74, 6) is -1.26. The van der Waals surface area contributed by atoms with Crippen LogP contribution < -0.4 is 0 Å². The first kappa shape index (κ1) is 14.5. The van der Waals surface area contributed by atoms with Crippen LogP contribution in [0.2, 0.25) is 0 Å². The topological polar surface area (TPSA) is 74.1 Å². The minimum atomic E-state index is -0.631. The van der Waals surface area contributed by atoms with Gasteiger partial charge in [-0.2, -0.15) is 0 Å². The monoisotopic (exact) mass is 341 g/mol. The Labute approximate surface area is 147 Å². The SMILES string of the molecule is O=C1OC(=O)c2ccc(-n3cc(-c4ccccc4)nn3)c3cccc1c23. The second-order valence-corrected chi connectivity index (χ2v) is 5.95. The van der Waals surface area contributed by atoms with E-state index in [0.29, 0.717) is 16.5 Å². The number of nitrogens with zero attached hydrogens (tertiary/aromatic N) is 3. The predicted molar refractivity (Wildman–Crippen MR) is 94.0 cm³/mol.